The number of halogens is 1. The van der Waals surface area contributed by atoms with Crippen LogP contribution in [0, 0.1) is 0 Å². The van der Waals surface area contributed by atoms with Gasteiger partial charge in [-0.05, 0) is 43.4 Å². The summed E-state index contributed by atoms with van der Waals surface area (Å²) in [4.78, 5) is 23.7. The average Bonchev–Trinajstić information content (AvgIpc) is 3.55. The fourth-order valence-electron chi connectivity index (χ4n) is 4.36. The van der Waals surface area contributed by atoms with Crippen molar-refractivity contribution in [2.45, 2.75) is 43.8 Å². The van der Waals surface area contributed by atoms with Crippen LogP contribution in [0.3, 0.4) is 0 Å². The summed E-state index contributed by atoms with van der Waals surface area (Å²) in [5.41, 5.74) is 2.09. The van der Waals surface area contributed by atoms with Crippen LogP contribution in [-0.2, 0) is 4.79 Å². The number of rotatable bonds is 4. The number of likely N-dealkylation sites (tertiary alicyclic amines) is 1. The molecular weight excluding hydrogens is 402 g/mol. The van der Waals surface area contributed by atoms with Gasteiger partial charge in [0.1, 0.15) is 6.04 Å². The Morgan fingerprint density at radius 1 is 1.07 bits per heavy atom. The number of aromatic nitrogens is 3. The maximum atomic E-state index is 13.3. The smallest absolute Gasteiger partial charge is 0.249 e. The van der Waals surface area contributed by atoms with Crippen molar-refractivity contribution in [1.29, 1.82) is 0 Å². The van der Waals surface area contributed by atoms with E-state index in [1.54, 1.807) is 12.4 Å². The van der Waals surface area contributed by atoms with Crippen molar-refractivity contribution in [2.75, 3.05) is 6.54 Å². The van der Waals surface area contributed by atoms with Gasteiger partial charge in [-0.3, -0.25) is 15.1 Å². The maximum Gasteiger partial charge on any atom is 0.249 e. The predicted molar refractivity (Wildman–Crippen MR) is 114 cm³/mol. The van der Waals surface area contributed by atoms with E-state index in [1.165, 1.54) is 5.56 Å². The van der Waals surface area contributed by atoms with Gasteiger partial charge in [0.05, 0.1) is 6.04 Å². The van der Waals surface area contributed by atoms with E-state index in [-0.39, 0.29) is 36.4 Å². The zero-order valence-electron chi connectivity index (χ0n) is 16.5. The second-order valence-corrected chi connectivity index (χ2v) is 7.64. The van der Waals surface area contributed by atoms with Gasteiger partial charge in [0.2, 0.25) is 17.6 Å². The van der Waals surface area contributed by atoms with Crippen LogP contribution in [0.1, 0.15) is 49.2 Å². The van der Waals surface area contributed by atoms with Crippen molar-refractivity contribution in [3.63, 3.8) is 0 Å². The molecule has 1 amide bonds. The largest absolute Gasteiger partial charge is 0.337 e. The highest BCUT2D eigenvalue weighted by atomic mass is 35.5. The molecular formula is C22H24ClN5O2. The standard InChI is InChI=1S/C22H23N5O2.ClH/c28-22(18-9-8-17(24-18)15-5-2-1-3-6-15)27-14-4-7-19(27)21-25-20(26-29-21)16-10-12-23-13-11-16;/h1-3,5-6,10-13,17-19,24H,4,7-9,14H2;1H/t17-,18-,19+;/m1./s1. The lowest BCUT2D eigenvalue weighted by Gasteiger charge is -2.25. The molecule has 0 saturated carbocycles. The number of nitrogens with one attached hydrogen (secondary N) is 1. The second-order valence-electron chi connectivity index (χ2n) is 7.64. The lowest BCUT2D eigenvalue weighted by molar-refractivity contribution is -0.134. The summed E-state index contributed by atoms with van der Waals surface area (Å²) in [5, 5.41) is 7.63. The van der Waals surface area contributed by atoms with Crippen molar-refractivity contribution in [2.24, 2.45) is 0 Å². The quantitative estimate of drug-likeness (QED) is 0.686. The number of nitrogens with zero attached hydrogens (tertiary/aromatic N) is 4. The monoisotopic (exact) mass is 425 g/mol. The number of benzene rings is 1. The molecule has 0 bridgehead atoms. The van der Waals surface area contributed by atoms with Gasteiger partial charge in [0.25, 0.3) is 0 Å². The molecule has 0 aliphatic carbocycles. The molecule has 3 atom stereocenters. The van der Waals surface area contributed by atoms with E-state index < -0.39 is 0 Å². The van der Waals surface area contributed by atoms with Crippen molar-refractivity contribution in [1.82, 2.24) is 25.3 Å². The number of pyridine rings is 1. The Labute approximate surface area is 181 Å². The Morgan fingerprint density at radius 2 is 1.87 bits per heavy atom. The van der Waals surface area contributed by atoms with Crippen LogP contribution in [0.15, 0.2) is 59.4 Å². The molecule has 0 radical (unpaired) electrons. The molecule has 3 aromatic rings. The third-order valence-electron chi connectivity index (χ3n) is 5.85. The maximum absolute atomic E-state index is 13.3. The van der Waals surface area contributed by atoms with Crippen LogP contribution < -0.4 is 5.32 Å². The molecule has 7 nitrogen and oxygen atoms in total. The molecule has 2 aliphatic heterocycles. The normalized spacial score (nSPS) is 23.3. The molecule has 1 aromatic carbocycles. The van der Waals surface area contributed by atoms with Crippen LogP contribution >= 0.6 is 12.4 Å². The van der Waals surface area contributed by atoms with E-state index >= 15 is 0 Å². The Hall–Kier alpha value is -2.77. The molecule has 0 unspecified atom stereocenters. The van der Waals surface area contributed by atoms with Gasteiger partial charge in [-0.15, -0.1) is 12.4 Å². The molecule has 2 fully saturated rings. The molecule has 0 spiro atoms. The number of amides is 1. The number of hydrogen-bond donors (Lipinski definition) is 1. The number of carbonyl (C=O) groups is 1. The van der Waals surface area contributed by atoms with Gasteiger partial charge >= 0.3 is 0 Å². The number of hydrogen-bond acceptors (Lipinski definition) is 6. The van der Waals surface area contributed by atoms with Crippen molar-refractivity contribution in [3.05, 3.63) is 66.3 Å². The lowest BCUT2D eigenvalue weighted by atomic mass is 10.1. The molecule has 30 heavy (non-hydrogen) atoms. The summed E-state index contributed by atoms with van der Waals surface area (Å²) >= 11 is 0. The van der Waals surface area contributed by atoms with Crippen molar-refractivity contribution < 1.29 is 9.32 Å². The molecule has 1 N–H and O–H groups in total. The average molecular weight is 426 g/mol. The predicted octanol–water partition coefficient (Wildman–Crippen LogP) is 3.71. The van der Waals surface area contributed by atoms with Gasteiger partial charge in [-0.2, -0.15) is 4.98 Å². The SMILES string of the molecule is Cl.O=C([C@H]1CC[C@H](c2ccccc2)N1)N1CCC[C@H]1c1nc(-c2ccncc2)no1. The van der Waals surface area contributed by atoms with Crippen LogP contribution in [0.5, 0.6) is 0 Å². The van der Waals surface area contributed by atoms with Gasteiger partial charge in [0.15, 0.2) is 0 Å². The summed E-state index contributed by atoms with van der Waals surface area (Å²) in [6.07, 6.45) is 6.99. The molecule has 2 aromatic heterocycles. The Bertz CT molecular complexity index is 981. The van der Waals surface area contributed by atoms with Gasteiger partial charge in [-0.1, -0.05) is 35.5 Å². The first kappa shape index (κ1) is 20.5. The minimum atomic E-state index is -0.164. The summed E-state index contributed by atoms with van der Waals surface area (Å²) in [5.74, 6) is 1.18. The lowest BCUT2D eigenvalue weighted by Crippen LogP contribution is -2.43. The minimum absolute atomic E-state index is 0. The Morgan fingerprint density at radius 3 is 2.67 bits per heavy atom. The fourth-order valence-corrected chi connectivity index (χ4v) is 4.36. The van der Waals surface area contributed by atoms with E-state index in [2.05, 4.69) is 32.6 Å². The Balaban J connectivity index is 0.00000218. The van der Waals surface area contributed by atoms with Crippen LogP contribution in [0.25, 0.3) is 11.4 Å². The highest BCUT2D eigenvalue weighted by Gasteiger charge is 2.39. The summed E-state index contributed by atoms with van der Waals surface area (Å²) < 4.78 is 5.54. The first-order chi connectivity index (χ1) is 14.3. The van der Waals surface area contributed by atoms with Crippen LogP contribution in [0.4, 0.5) is 0 Å². The van der Waals surface area contributed by atoms with Crippen LogP contribution in [0.2, 0.25) is 0 Å². The highest BCUT2D eigenvalue weighted by molar-refractivity contribution is 5.85. The second kappa shape index (κ2) is 8.93. The highest BCUT2D eigenvalue weighted by Crippen LogP contribution is 2.35. The zero-order chi connectivity index (χ0) is 19.6. The fraction of sp³-hybridized carbons (Fsp3) is 0.364. The molecule has 4 heterocycles. The van der Waals surface area contributed by atoms with E-state index in [0.717, 1.165) is 37.8 Å². The molecule has 8 heteroatoms. The van der Waals surface area contributed by atoms with E-state index in [0.29, 0.717) is 11.7 Å². The first-order valence-electron chi connectivity index (χ1n) is 10.1. The third-order valence-corrected chi connectivity index (χ3v) is 5.85. The minimum Gasteiger partial charge on any atom is -0.337 e. The number of carbonyl (C=O) groups excluding carboxylic acids is 1. The molecule has 2 saturated heterocycles. The van der Waals surface area contributed by atoms with Gasteiger partial charge in [0, 0.05) is 30.5 Å². The summed E-state index contributed by atoms with van der Waals surface area (Å²) in [6, 6.07) is 13.9. The van der Waals surface area contributed by atoms with Crippen molar-refractivity contribution >= 4 is 18.3 Å². The van der Waals surface area contributed by atoms with Gasteiger partial charge in [-0.25, -0.2) is 0 Å². The molecule has 5 rings (SSSR count). The molecule has 2 aliphatic rings. The topological polar surface area (TPSA) is 84.2 Å². The first-order valence-corrected chi connectivity index (χ1v) is 10.1. The Kier molecular flexibility index (Phi) is 6.11. The van der Waals surface area contributed by atoms with Crippen molar-refractivity contribution in [3.8, 4) is 11.4 Å². The summed E-state index contributed by atoms with van der Waals surface area (Å²) in [6.45, 7) is 0.727. The third kappa shape index (κ3) is 3.95. The molecule has 156 valence electrons. The summed E-state index contributed by atoms with van der Waals surface area (Å²) in [7, 11) is 0. The van der Waals surface area contributed by atoms with E-state index in [9.17, 15) is 4.79 Å². The van der Waals surface area contributed by atoms with E-state index in [4.69, 9.17) is 4.52 Å². The van der Waals surface area contributed by atoms with Gasteiger partial charge < -0.3 is 9.42 Å². The van der Waals surface area contributed by atoms with E-state index in [1.807, 2.05) is 35.2 Å². The van der Waals surface area contributed by atoms with Crippen LogP contribution in [-0.4, -0.2) is 38.5 Å². The zero-order valence-corrected chi connectivity index (χ0v) is 17.3.